The molecular formula is C23H30FN3O3S. The summed E-state index contributed by atoms with van der Waals surface area (Å²) < 4.78 is 39.8. The molecule has 1 fully saturated rings. The van der Waals surface area contributed by atoms with Crippen LogP contribution >= 0.6 is 0 Å². The minimum Gasteiger partial charge on any atom is -0.340 e. The predicted octanol–water partition coefficient (Wildman–Crippen LogP) is 2.96. The molecule has 0 unspecified atom stereocenters. The minimum atomic E-state index is -3.75. The number of benzene rings is 2. The van der Waals surface area contributed by atoms with Crippen LogP contribution in [-0.2, 0) is 21.4 Å². The van der Waals surface area contributed by atoms with Crippen LogP contribution in [0.1, 0.15) is 37.3 Å². The molecule has 6 nitrogen and oxygen atoms in total. The van der Waals surface area contributed by atoms with Crippen LogP contribution in [0, 0.1) is 5.82 Å². The zero-order valence-corrected chi connectivity index (χ0v) is 18.9. The van der Waals surface area contributed by atoms with Gasteiger partial charge in [0.25, 0.3) is 0 Å². The number of hydrogen-bond acceptors (Lipinski definition) is 4. The zero-order chi connectivity index (χ0) is 22.4. The number of carbonyl (C=O) groups excluding carboxylic acids is 1. The van der Waals surface area contributed by atoms with E-state index in [4.69, 9.17) is 0 Å². The standard InChI is InChI=1S/C23H30FN3O3S/c1-18(2)20-5-3-19(4-6-20)17-26-13-15-27(16-14-26)23(28)11-12-25-31(29,30)22-9-7-21(24)8-10-22/h3-10,18,25H,11-17H2,1-2H3. The van der Waals surface area contributed by atoms with Gasteiger partial charge in [-0.1, -0.05) is 38.1 Å². The first-order valence-electron chi connectivity index (χ1n) is 10.6. The number of halogens is 1. The average molecular weight is 448 g/mol. The smallest absolute Gasteiger partial charge is 0.240 e. The number of carbonyl (C=O) groups is 1. The van der Waals surface area contributed by atoms with Crippen molar-refractivity contribution in [2.75, 3.05) is 32.7 Å². The lowest BCUT2D eigenvalue weighted by Crippen LogP contribution is -2.48. The van der Waals surface area contributed by atoms with Crippen LogP contribution in [0.25, 0.3) is 0 Å². The molecule has 0 spiro atoms. The molecule has 2 aromatic rings. The van der Waals surface area contributed by atoms with Crippen LogP contribution in [0.15, 0.2) is 53.4 Å². The first-order chi connectivity index (χ1) is 14.7. The van der Waals surface area contributed by atoms with Gasteiger partial charge in [-0.2, -0.15) is 0 Å². The first-order valence-corrected chi connectivity index (χ1v) is 12.1. The molecule has 1 aliphatic heterocycles. The fourth-order valence-electron chi connectivity index (χ4n) is 3.57. The Hall–Kier alpha value is -2.29. The van der Waals surface area contributed by atoms with Gasteiger partial charge in [-0.15, -0.1) is 0 Å². The maximum Gasteiger partial charge on any atom is 0.240 e. The lowest BCUT2D eigenvalue weighted by molar-refractivity contribution is -0.132. The third-order valence-electron chi connectivity index (χ3n) is 5.53. The summed E-state index contributed by atoms with van der Waals surface area (Å²) in [7, 11) is -3.75. The van der Waals surface area contributed by atoms with Crippen LogP contribution in [-0.4, -0.2) is 56.8 Å². The van der Waals surface area contributed by atoms with Gasteiger partial charge in [0.05, 0.1) is 4.90 Å². The molecule has 1 amide bonds. The highest BCUT2D eigenvalue weighted by molar-refractivity contribution is 7.89. The molecule has 2 aromatic carbocycles. The molecule has 0 aromatic heterocycles. The SMILES string of the molecule is CC(C)c1ccc(CN2CCN(C(=O)CCNS(=O)(=O)c3ccc(F)cc3)CC2)cc1. The molecule has 1 saturated heterocycles. The van der Waals surface area contributed by atoms with E-state index in [1.807, 2.05) is 0 Å². The summed E-state index contributed by atoms with van der Waals surface area (Å²) >= 11 is 0. The van der Waals surface area contributed by atoms with E-state index in [-0.39, 0.29) is 23.8 Å². The second-order valence-corrected chi connectivity index (χ2v) is 9.92. The summed E-state index contributed by atoms with van der Waals surface area (Å²) in [5.74, 6) is -0.0487. The Morgan fingerprint density at radius 1 is 1.00 bits per heavy atom. The summed E-state index contributed by atoms with van der Waals surface area (Å²) in [6.45, 7) is 8.08. The Kier molecular flexibility index (Phi) is 7.80. The summed E-state index contributed by atoms with van der Waals surface area (Å²) in [6.07, 6.45) is 0.0943. The molecule has 1 aliphatic rings. The highest BCUT2D eigenvalue weighted by Crippen LogP contribution is 2.16. The van der Waals surface area contributed by atoms with E-state index in [1.165, 1.54) is 23.3 Å². The van der Waals surface area contributed by atoms with Gasteiger partial charge in [-0.25, -0.2) is 17.5 Å². The van der Waals surface area contributed by atoms with Crippen LogP contribution < -0.4 is 4.72 Å². The third kappa shape index (κ3) is 6.59. The molecule has 8 heteroatoms. The lowest BCUT2D eigenvalue weighted by atomic mass is 10.0. The Labute approximate surface area is 184 Å². The Morgan fingerprint density at radius 2 is 1.61 bits per heavy atom. The number of nitrogens with zero attached hydrogens (tertiary/aromatic N) is 2. The molecule has 1 heterocycles. The molecule has 0 aliphatic carbocycles. The second kappa shape index (κ2) is 10.3. The number of piperazine rings is 1. The molecule has 168 valence electrons. The number of amides is 1. The minimum absolute atomic E-state index is 0.0148. The van der Waals surface area contributed by atoms with Crippen LogP contribution in [0.3, 0.4) is 0 Å². The van der Waals surface area contributed by atoms with Gasteiger partial charge in [-0.05, 0) is 41.3 Å². The van der Waals surface area contributed by atoms with E-state index >= 15 is 0 Å². The summed E-state index contributed by atoms with van der Waals surface area (Å²) in [6, 6.07) is 13.3. The molecule has 0 atom stereocenters. The normalized spacial score (nSPS) is 15.4. The second-order valence-electron chi connectivity index (χ2n) is 8.15. The summed E-state index contributed by atoms with van der Waals surface area (Å²) in [5.41, 5.74) is 2.59. The largest absolute Gasteiger partial charge is 0.340 e. The van der Waals surface area contributed by atoms with E-state index in [2.05, 4.69) is 47.7 Å². The molecule has 3 rings (SSSR count). The van der Waals surface area contributed by atoms with Crippen LogP contribution in [0.2, 0.25) is 0 Å². The molecule has 0 radical (unpaired) electrons. The number of rotatable bonds is 8. The van der Waals surface area contributed by atoms with E-state index in [1.54, 1.807) is 4.90 Å². The number of hydrogen-bond donors (Lipinski definition) is 1. The van der Waals surface area contributed by atoms with E-state index in [0.717, 1.165) is 31.8 Å². The van der Waals surface area contributed by atoms with Crippen LogP contribution in [0.5, 0.6) is 0 Å². The van der Waals surface area contributed by atoms with Gasteiger partial charge >= 0.3 is 0 Å². The Bertz CT molecular complexity index is 968. The van der Waals surface area contributed by atoms with Gasteiger partial charge in [-0.3, -0.25) is 9.69 Å². The fourth-order valence-corrected chi connectivity index (χ4v) is 4.60. The third-order valence-corrected chi connectivity index (χ3v) is 7.01. The van der Waals surface area contributed by atoms with Crippen molar-refractivity contribution in [1.29, 1.82) is 0 Å². The average Bonchev–Trinajstić information content (AvgIpc) is 2.75. The molecule has 0 saturated carbocycles. The van der Waals surface area contributed by atoms with Gasteiger partial charge in [0, 0.05) is 45.7 Å². The van der Waals surface area contributed by atoms with Crippen molar-refractivity contribution < 1.29 is 17.6 Å². The monoisotopic (exact) mass is 447 g/mol. The summed E-state index contributed by atoms with van der Waals surface area (Å²) in [5, 5.41) is 0. The van der Waals surface area contributed by atoms with Crippen molar-refractivity contribution in [3.05, 3.63) is 65.5 Å². The van der Waals surface area contributed by atoms with Crippen molar-refractivity contribution in [2.24, 2.45) is 0 Å². The van der Waals surface area contributed by atoms with Crippen LogP contribution in [0.4, 0.5) is 4.39 Å². The van der Waals surface area contributed by atoms with E-state index in [0.29, 0.717) is 19.0 Å². The predicted molar refractivity (Wildman–Crippen MR) is 119 cm³/mol. The topological polar surface area (TPSA) is 69.7 Å². The zero-order valence-electron chi connectivity index (χ0n) is 18.1. The summed E-state index contributed by atoms with van der Waals surface area (Å²) in [4.78, 5) is 16.5. The maximum atomic E-state index is 13.0. The molecular weight excluding hydrogens is 417 g/mol. The lowest BCUT2D eigenvalue weighted by Gasteiger charge is -2.35. The number of sulfonamides is 1. The van der Waals surface area contributed by atoms with E-state index in [9.17, 15) is 17.6 Å². The van der Waals surface area contributed by atoms with Crippen molar-refractivity contribution >= 4 is 15.9 Å². The van der Waals surface area contributed by atoms with Crippen molar-refractivity contribution in [3.8, 4) is 0 Å². The molecule has 0 bridgehead atoms. The highest BCUT2D eigenvalue weighted by atomic mass is 32.2. The van der Waals surface area contributed by atoms with Gasteiger partial charge in [0.15, 0.2) is 0 Å². The first kappa shape index (κ1) is 23.4. The van der Waals surface area contributed by atoms with Gasteiger partial charge in [0.1, 0.15) is 5.82 Å². The van der Waals surface area contributed by atoms with Crippen molar-refractivity contribution in [2.45, 2.75) is 37.6 Å². The van der Waals surface area contributed by atoms with Crippen molar-refractivity contribution in [1.82, 2.24) is 14.5 Å². The van der Waals surface area contributed by atoms with Gasteiger partial charge in [0.2, 0.25) is 15.9 Å². The van der Waals surface area contributed by atoms with Gasteiger partial charge < -0.3 is 4.90 Å². The van der Waals surface area contributed by atoms with Crippen molar-refractivity contribution in [3.63, 3.8) is 0 Å². The number of nitrogens with one attached hydrogen (secondary N) is 1. The fraction of sp³-hybridized carbons (Fsp3) is 0.435. The Balaban J connectivity index is 1.41. The highest BCUT2D eigenvalue weighted by Gasteiger charge is 2.22. The maximum absolute atomic E-state index is 13.0. The molecule has 1 N–H and O–H groups in total. The quantitative estimate of drug-likeness (QED) is 0.676. The Morgan fingerprint density at radius 3 is 2.19 bits per heavy atom. The molecule has 31 heavy (non-hydrogen) atoms. The van der Waals surface area contributed by atoms with E-state index < -0.39 is 15.8 Å².